The number of ketones is 1. The number of hydrogen-bond acceptors (Lipinski definition) is 8. The van der Waals surface area contributed by atoms with Crippen LogP contribution < -0.4 is 14.8 Å². The highest BCUT2D eigenvalue weighted by Gasteiger charge is 2.22. The van der Waals surface area contributed by atoms with Crippen LogP contribution in [0, 0.1) is 0 Å². The van der Waals surface area contributed by atoms with Gasteiger partial charge in [-0.15, -0.1) is 5.10 Å². The number of nitrogens with one attached hydrogen (secondary N) is 1. The monoisotopic (exact) mass is 403 g/mol. The summed E-state index contributed by atoms with van der Waals surface area (Å²) in [7, 11) is 0. The molecule has 1 N–H and O–H groups in total. The van der Waals surface area contributed by atoms with Gasteiger partial charge in [0.1, 0.15) is 0 Å². The first-order valence-corrected chi connectivity index (χ1v) is 10.3. The Labute approximate surface area is 166 Å². The second-order valence-corrected chi connectivity index (χ2v) is 7.78. The molecule has 1 fully saturated rings. The lowest BCUT2D eigenvalue weighted by atomic mass is 9.96. The van der Waals surface area contributed by atoms with Crippen molar-refractivity contribution < 1.29 is 19.1 Å². The molecule has 0 bridgehead atoms. The molecule has 4 rings (SSSR count). The molecule has 1 aliphatic carbocycles. The van der Waals surface area contributed by atoms with E-state index in [1.807, 2.05) is 4.68 Å². The van der Waals surface area contributed by atoms with E-state index in [1.54, 1.807) is 12.1 Å². The maximum absolute atomic E-state index is 12.5. The average molecular weight is 403 g/mol. The van der Waals surface area contributed by atoms with Gasteiger partial charge in [0.2, 0.25) is 17.9 Å². The minimum Gasteiger partial charge on any atom is -0.454 e. The van der Waals surface area contributed by atoms with Crippen LogP contribution in [0.4, 0.5) is 5.69 Å². The second-order valence-electron chi connectivity index (χ2n) is 6.84. The molecule has 2 heterocycles. The topological polar surface area (TPSA) is 108 Å². The largest absolute Gasteiger partial charge is 0.454 e. The normalized spacial score (nSPS) is 16.2. The number of carbonyl (C=O) groups excluding carboxylic acids is 2. The summed E-state index contributed by atoms with van der Waals surface area (Å²) < 4.78 is 12.5. The maximum Gasteiger partial charge on any atom is 0.234 e. The van der Waals surface area contributed by atoms with E-state index in [0.717, 1.165) is 12.8 Å². The number of hydrogen-bond donors (Lipinski definition) is 1. The molecule has 0 radical (unpaired) electrons. The summed E-state index contributed by atoms with van der Waals surface area (Å²) in [5.74, 6) is 0.740. The van der Waals surface area contributed by atoms with Crippen LogP contribution in [-0.4, -0.2) is 44.4 Å². The van der Waals surface area contributed by atoms with E-state index >= 15 is 0 Å². The van der Waals surface area contributed by atoms with Gasteiger partial charge in [-0.2, -0.15) is 0 Å². The third-order valence-corrected chi connectivity index (χ3v) is 5.82. The molecule has 1 aromatic heterocycles. The van der Waals surface area contributed by atoms with Gasteiger partial charge in [-0.25, -0.2) is 4.68 Å². The molecule has 1 aromatic carbocycles. The first kappa shape index (κ1) is 18.7. The Balaban J connectivity index is 1.42. The lowest BCUT2D eigenvalue weighted by Crippen LogP contribution is -2.18. The fraction of sp³-hybridized carbons (Fsp3) is 0.500. The summed E-state index contributed by atoms with van der Waals surface area (Å²) in [6.07, 6.45) is 5.71. The summed E-state index contributed by atoms with van der Waals surface area (Å²) in [5.41, 5.74) is 0.795. The molecule has 1 saturated carbocycles. The van der Waals surface area contributed by atoms with Crippen molar-refractivity contribution in [3.63, 3.8) is 0 Å². The molecular formula is C18H21N5O4S. The Hall–Kier alpha value is -2.62. The summed E-state index contributed by atoms with van der Waals surface area (Å²) in [6.45, 7) is 1.55. The number of carbonyl (C=O) groups is 2. The zero-order valence-corrected chi connectivity index (χ0v) is 16.3. The standard InChI is InChI=1S/C18H21N5O4S/c1-11(24)13-7-15-16(27-10-26-15)8-14(13)19-17(25)9-28-18-20-21-22-23(18)12-5-3-2-4-6-12/h7-8,12H,2-6,9-10H2,1H3,(H,19,25). The number of benzene rings is 1. The van der Waals surface area contributed by atoms with E-state index in [0.29, 0.717) is 33.9 Å². The quantitative estimate of drug-likeness (QED) is 0.579. The summed E-state index contributed by atoms with van der Waals surface area (Å²) in [5, 5.41) is 15.4. The minimum atomic E-state index is -0.246. The Morgan fingerprint density at radius 3 is 2.71 bits per heavy atom. The Morgan fingerprint density at radius 1 is 1.21 bits per heavy atom. The van der Waals surface area contributed by atoms with E-state index in [4.69, 9.17) is 9.47 Å². The predicted molar refractivity (Wildman–Crippen MR) is 102 cm³/mol. The fourth-order valence-corrected chi connectivity index (χ4v) is 4.23. The smallest absolute Gasteiger partial charge is 0.234 e. The summed E-state index contributed by atoms with van der Waals surface area (Å²) in [6, 6.07) is 3.51. The maximum atomic E-state index is 12.5. The Kier molecular flexibility index (Phi) is 5.47. The van der Waals surface area contributed by atoms with Gasteiger partial charge in [0.05, 0.1) is 17.5 Å². The van der Waals surface area contributed by atoms with Crippen LogP contribution in [0.2, 0.25) is 0 Å². The average Bonchev–Trinajstić information content (AvgIpc) is 3.35. The number of anilines is 1. The zero-order valence-electron chi connectivity index (χ0n) is 15.5. The molecule has 2 aliphatic rings. The lowest BCUT2D eigenvalue weighted by Gasteiger charge is -2.21. The SMILES string of the molecule is CC(=O)c1cc2c(cc1NC(=O)CSc1nnnn1C1CCCCC1)OCO2. The summed E-state index contributed by atoms with van der Waals surface area (Å²) >= 11 is 1.29. The van der Waals surface area contributed by atoms with E-state index in [9.17, 15) is 9.59 Å². The molecule has 9 nitrogen and oxygen atoms in total. The van der Waals surface area contributed by atoms with Crippen molar-refractivity contribution in [3.05, 3.63) is 17.7 Å². The number of rotatable bonds is 6. The van der Waals surface area contributed by atoms with E-state index in [-0.39, 0.29) is 24.2 Å². The highest BCUT2D eigenvalue weighted by Crippen LogP contribution is 2.37. The Morgan fingerprint density at radius 2 is 1.96 bits per heavy atom. The van der Waals surface area contributed by atoms with Crippen molar-refractivity contribution in [1.82, 2.24) is 20.2 Å². The van der Waals surface area contributed by atoms with Crippen molar-refractivity contribution in [2.24, 2.45) is 0 Å². The van der Waals surface area contributed by atoms with E-state index < -0.39 is 0 Å². The lowest BCUT2D eigenvalue weighted by molar-refractivity contribution is -0.113. The van der Waals surface area contributed by atoms with Crippen LogP contribution in [0.15, 0.2) is 17.3 Å². The molecule has 2 aromatic rings. The van der Waals surface area contributed by atoms with Gasteiger partial charge in [0, 0.05) is 11.6 Å². The summed E-state index contributed by atoms with van der Waals surface area (Å²) in [4.78, 5) is 24.4. The van der Waals surface area contributed by atoms with E-state index in [2.05, 4.69) is 20.8 Å². The first-order chi connectivity index (χ1) is 13.6. The third-order valence-electron chi connectivity index (χ3n) is 4.88. The molecule has 10 heteroatoms. The van der Waals surface area contributed by atoms with Crippen LogP contribution in [0.3, 0.4) is 0 Å². The molecular weight excluding hydrogens is 382 g/mol. The van der Waals surface area contributed by atoms with Crippen LogP contribution in [0.25, 0.3) is 0 Å². The number of thioether (sulfide) groups is 1. The van der Waals surface area contributed by atoms with Gasteiger partial charge in [-0.3, -0.25) is 9.59 Å². The second kappa shape index (κ2) is 8.17. The van der Waals surface area contributed by atoms with Gasteiger partial charge in [0.25, 0.3) is 0 Å². The van der Waals surface area contributed by atoms with Gasteiger partial charge in [0.15, 0.2) is 17.3 Å². The number of ether oxygens (including phenoxy) is 2. The fourth-order valence-electron chi connectivity index (χ4n) is 3.49. The molecule has 148 valence electrons. The van der Waals surface area contributed by atoms with Crippen LogP contribution >= 0.6 is 11.8 Å². The number of Topliss-reactive ketones (excluding diaryl/α,β-unsaturated/α-hetero) is 1. The van der Waals surface area contributed by atoms with Gasteiger partial charge in [-0.1, -0.05) is 31.0 Å². The van der Waals surface area contributed by atoms with Crippen molar-refractivity contribution in [3.8, 4) is 11.5 Å². The molecule has 0 unspecified atom stereocenters. The number of fused-ring (bicyclic) bond motifs is 1. The van der Waals surface area contributed by atoms with Gasteiger partial charge >= 0.3 is 0 Å². The first-order valence-electron chi connectivity index (χ1n) is 9.27. The van der Waals surface area contributed by atoms with Gasteiger partial charge in [-0.05, 0) is 36.3 Å². The molecule has 0 spiro atoms. The van der Waals surface area contributed by atoms with Crippen molar-refractivity contribution in [1.29, 1.82) is 0 Å². The van der Waals surface area contributed by atoms with Gasteiger partial charge < -0.3 is 14.8 Å². The number of aromatic nitrogens is 4. The molecule has 1 amide bonds. The Bertz CT molecular complexity index is 894. The van der Waals surface area contributed by atoms with Crippen molar-refractivity contribution >= 4 is 29.1 Å². The zero-order chi connectivity index (χ0) is 19.5. The predicted octanol–water partition coefficient (Wildman–Crippen LogP) is 2.84. The number of tetrazole rings is 1. The van der Waals surface area contributed by atoms with Crippen LogP contribution in [0.5, 0.6) is 11.5 Å². The minimum absolute atomic E-state index is 0.101. The molecule has 1 aliphatic heterocycles. The highest BCUT2D eigenvalue weighted by atomic mass is 32.2. The van der Waals surface area contributed by atoms with Crippen molar-refractivity contribution in [2.45, 2.75) is 50.2 Å². The third kappa shape index (κ3) is 3.96. The number of nitrogens with zero attached hydrogens (tertiary/aromatic N) is 4. The molecule has 0 saturated heterocycles. The van der Waals surface area contributed by atoms with E-state index in [1.165, 1.54) is 37.9 Å². The number of amides is 1. The van der Waals surface area contributed by atoms with Crippen LogP contribution in [0.1, 0.15) is 55.4 Å². The van der Waals surface area contributed by atoms with Crippen molar-refractivity contribution in [2.75, 3.05) is 17.9 Å². The highest BCUT2D eigenvalue weighted by molar-refractivity contribution is 7.99. The van der Waals surface area contributed by atoms with Crippen LogP contribution in [-0.2, 0) is 4.79 Å². The molecule has 28 heavy (non-hydrogen) atoms. The molecule has 0 atom stereocenters.